The molecule has 0 aromatic rings. The number of hydrogen-bond donors (Lipinski definition) is 4. The molecule has 5 heteroatoms. The Morgan fingerprint density at radius 1 is 0.840 bits per heavy atom. The summed E-state index contributed by atoms with van der Waals surface area (Å²) < 4.78 is 0. The molecular weight excluding hydrogens is 320 g/mol. The largest absolute Gasteiger partial charge is 0.481 e. The van der Waals surface area contributed by atoms with E-state index in [1.807, 2.05) is 6.08 Å². The van der Waals surface area contributed by atoms with Gasteiger partial charge in [-0.25, -0.2) is 0 Å². The fourth-order valence-corrected chi connectivity index (χ4v) is 2.09. The number of carboxylic acid groups (broad SMARTS) is 1. The van der Waals surface area contributed by atoms with Gasteiger partial charge in [0.1, 0.15) is 0 Å². The lowest BCUT2D eigenvalue weighted by Gasteiger charge is -2.13. The molecule has 4 N–H and O–H groups in total. The summed E-state index contributed by atoms with van der Waals surface area (Å²) in [7, 11) is 0. The minimum Gasteiger partial charge on any atom is -0.481 e. The molecule has 0 amide bonds. The Morgan fingerprint density at radius 3 is 2.04 bits per heavy atom. The monoisotopic (exact) mass is 352 g/mol. The minimum absolute atomic E-state index is 0.0149. The molecule has 0 aliphatic carbocycles. The third-order valence-corrected chi connectivity index (χ3v) is 3.59. The molecule has 142 valence electrons. The first-order valence-electron chi connectivity index (χ1n) is 8.91. The van der Waals surface area contributed by atoms with Crippen LogP contribution < -0.4 is 0 Å². The van der Waals surface area contributed by atoms with Gasteiger partial charge in [0.15, 0.2) is 0 Å². The lowest BCUT2D eigenvalue weighted by Crippen LogP contribution is -2.23. The number of unbranched alkanes of at least 4 members (excludes halogenated alkanes) is 2. The lowest BCUT2D eigenvalue weighted by molar-refractivity contribution is -0.137. The Morgan fingerprint density at radius 2 is 1.44 bits per heavy atom. The molecule has 0 fully saturated rings. The maximum atomic E-state index is 10.4. The van der Waals surface area contributed by atoms with Crippen molar-refractivity contribution in [3.8, 4) is 0 Å². The molecule has 3 unspecified atom stereocenters. The van der Waals surface area contributed by atoms with E-state index in [0.29, 0.717) is 6.42 Å². The van der Waals surface area contributed by atoms with Crippen LogP contribution >= 0.6 is 0 Å². The van der Waals surface area contributed by atoms with Crippen LogP contribution in [0.1, 0.15) is 51.9 Å². The van der Waals surface area contributed by atoms with Gasteiger partial charge in [-0.2, -0.15) is 0 Å². The van der Waals surface area contributed by atoms with Gasteiger partial charge < -0.3 is 20.4 Å². The van der Waals surface area contributed by atoms with Gasteiger partial charge >= 0.3 is 5.97 Å². The van der Waals surface area contributed by atoms with Crippen molar-refractivity contribution in [3.05, 3.63) is 48.6 Å². The molecule has 5 nitrogen and oxygen atoms in total. The van der Waals surface area contributed by atoms with Crippen LogP contribution in [0, 0.1) is 0 Å². The predicted molar refractivity (Wildman–Crippen MR) is 100 cm³/mol. The number of aliphatic hydroxyl groups excluding tert-OH is 3. The summed E-state index contributed by atoms with van der Waals surface area (Å²) >= 11 is 0. The topological polar surface area (TPSA) is 98.0 Å². The maximum Gasteiger partial charge on any atom is 0.303 e. The highest BCUT2D eigenvalue weighted by atomic mass is 16.4. The standard InChI is InChI=1S/C20H32O5/c1-2-3-8-12-17(21)13-9-6-4-5-7-10-14-18(22)19(23)15-11-16-20(24)25/h4-7,9-10,13-14,17-19,21-23H,2-3,8,11-12,15-16H2,1H3,(H,24,25). The lowest BCUT2D eigenvalue weighted by atomic mass is 10.1. The van der Waals surface area contributed by atoms with Crippen LogP contribution in [0.3, 0.4) is 0 Å². The molecular formula is C20H32O5. The molecule has 25 heavy (non-hydrogen) atoms. The highest BCUT2D eigenvalue weighted by molar-refractivity contribution is 5.66. The van der Waals surface area contributed by atoms with Gasteiger partial charge in [0, 0.05) is 6.42 Å². The van der Waals surface area contributed by atoms with Crippen molar-refractivity contribution in [1.82, 2.24) is 0 Å². The Bertz CT molecular complexity index is 451. The van der Waals surface area contributed by atoms with Gasteiger partial charge in [-0.05, 0) is 19.3 Å². The highest BCUT2D eigenvalue weighted by Gasteiger charge is 2.12. The summed E-state index contributed by atoms with van der Waals surface area (Å²) in [5.74, 6) is -0.908. The van der Waals surface area contributed by atoms with E-state index in [-0.39, 0.29) is 12.8 Å². The zero-order valence-electron chi connectivity index (χ0n) is 15.0. The number of rotatable bonds is 14. The van der Waals surface area contributed by atoms with Crippen molar-refractivity contribution in [2.24, 2.45) is 0 Å². The number of carboxylic acids is 1. The van der Waals surface area contributed by atoms with Crippen LogP contribution in [0.15, 0.2) is 48.6 Å². The van der Waals surface area contributed by atoms with Gasteiger partial charge in [-0.15, -0.1) is 0 Å². The van der Waals surface area contributed by atoms with Gasteiger partial charge in [-0.1, -0.05) is 74.8 Å². The van der Waals surface area contributed by atoms with Crippen LogP contribution in [-0.2, 0) is 4.79 Å². The number of aliphatic hydroxyl groups is 3. The van der Waals surface area contributed by atoms with E-state index in [2.05, 4.69) is 6.92 Å². The van der Waals surface area contributed by atoms with Gasteiger partial charge in [0.2, 0.25) is 0 Å². The van der Waals surface area contributed by atoms with Crippen LogP contribution in [-0.4, -0.2) is 44.7 Å². The molecule has 0 rings (SSSR count). The molecule has 0 bridgehead atoms. The van der Waals surface area contributed by atoms with E-state index in [1.165, 1.54) is 6.08 Å². The fourth-order valence-electron chi connectivity index (χ4n) is 2.09. The molecule has 0 radical (unpaired) electrons. The summed E-state index contributed by atoms with van der Waals surface area (Å²) in [6.45, 7) is 2.13. The second-order valence-electron chi connectivity index (χ2n) is 5.95. The highest BCUT2D eigenvalue weighted by Crippen LogP contribution is 2.06. The first kappa shape index (κ1) is 23.3. The Kier molecular flexibility index (Phi) is 14.7. The molecule has 0 saturated heterocycles. The summed E-state index contributed by atoms with van der Waals surface area (Å²) in [6, 6.07) is 0. The fraction of sp³-hybridized carbons (Fsp3) is 0.550. The van der Waals surface area contributed by atoms with Gasteiger partial charge in [0.05, 0.1) is 18.3 Å². The normalized spacial score (nSPS) is 16.3. The third kappa shape index (κ3) is 15.6. The molecule has 0 aromatic heterocycles. The van der Waals surface area contributed by atoms with Crippen LogP contribution in [0.4, 0.5) is 0 Å². The number of carbonyl (C=O) groups is 1. The molecule has 0 aliphatic rings. The average molecular weight is 352 g/mol. The summed E-state index contributed by atoms with van der Waals surface area (Å²) in [5, 5.41) is 37.6. The summed E-state index contributed by atoms with van der Waals surface area (Å²) in [6.07, 6.45) is 16.0. The van der Waals surface area contributed by atoms with E-state index in [4.69, 9.17) is 5.11 Å². The molecule has 0 spiro atoms. The first-order valence-corrected chi connectivity index (χ1v) is 8.91. The minimum atomic E-state index is -1.01. The molecule has 0 aromatic carbocycles. The van der Waals surface area contributed by atoms with Crippen LogP contribution in [0.5, 0.6) is 0 Å². The average Bonchev–Trinajstić information content (AvgIpc) is 2.56. The maximum absolute atomic E-state index is 10.4. The molecule has 0 saturated carbocycles. The van der Waals surface area contributed by atoms with E-state index in [1.54, 1.807) is 36.5 Å². The van der Waals surface area contributed by atoms with Crippen molar-refractivity contribution in [2.75, 3.05) is 0 Å². The number of allylic oxidation sites excluding steroid dienone is 6. The Balaban J connectivity index is 3.97. The molecule has 0 aliphatic heterocycles. The van der Waals surface area contributed by atoms with Crippen molar-refractivity contribution in [1.29, 1.82) is 0 Å². The smallest absolute Gasteiger partial charge is 0.303 e. The predicted octanol–water partition coefficient (Wildman–Crippen LogP) is 3.13. The van der Waals surface area contributed by atoms with E-state index in [9.17, 15) is 20.1 Å². The Hall–Kier alpha value is -1.69. The summed E-state index contributed by atoms with van der Waals surface area (Å²) in [5.41, 5.74) is 0. The van der Waals surface area contributed by atoms with E-state index in [0.717, 1.165) is 25.7 Å². The zero-order chi connectivity index (χ0) is 18.9. The third-order valence-electron chi connectivity index (χ3n) is 3.59. The second-order valence-corrected chi connectivity index (χ2v) is 5.95. The van der Waals surface area contributed by atoms with E-state index < -0.39 is 24.3 Å². The van der Waals surface area contributed by atoms with Gasteiger partial charge in [-0.3, -0.25) is 4.79 Å². The number of aliphatic carboxylic acids is 1. The van der Waals surface area contributed by atoms with Crippen molar-refractivity contribution < 1.29 is 25.2 Å². The quantitative estimate of drug-likeness (QED) is 0.284. The number of hydrogen-bond acceptors (Lipinski definition) is 4. The molecule has 0 heterocycles. The second kappa shape index (κ2) is 15.8. The van der Waals surface area contributed by atoms with Crippen molar-refractivity contribution in [3.63, 3.8) is 0 Å². The zero-order valence-corrected chi connectivity index (χ0v) is 15.0. The van der Waals surface area contributed by atoms with Gasteiger partial charge in [0.25, 0.3) is 0 Å². The SMILES string of the molecule is CCCCCC(O)C=CC=CC=CC=CC(O)C(O)CCCC(=O)O. The first-order chi connectivity index (χ1) is 12.0. The summed E-state index contributed by atoms with van der Waals surface area (Å²) in [4.78, 5) is 10.4. The van der Waals surface area contributed by atoms with E-state index >= 15 is 0 Å². The van der Waals surface area contributed by atoms with Crippen LogP contribution in [0.2, 0.25) is 0 Å². The van der Waals surface area contributed by atoms with Crippen molar-refractivity contribution >= 4 is 5.97 Å². The Labute approximate surface area is 150 Å². The van der Waals surface area contributed by atoms with Crippen molar-refractivity contribution in [2.45, 2.75) is 70.2 Å². The van der Waals surface area contributed by atoms with Crippen LogP contribution in [0.25, 0.3) is 0 Å². The molecule has 3 atom stereocenters.